The topological polar surface area (TPSA) is 69.0 Å². The molecule has 33 heavy (non-hydrogen) atoms. The van der Waals surface area contributed by atoms with Gasteiger partial charge in [-0.1, -0.05) is 6.07 Å². The zero-order valence-corrected chi connectivity index (χ0v) is 18.0. The number of carbonyl (C=O) groups is 1. The van der Waals surface area contributed by atoms with Crippen LogP contribution < -0.4 is 10.1 Å². The van der Waals surface area contributed by atoms with Crippen molar-refractivity contribution in [1.29, 1.82) is 0 Å². The van der Waals surface area contributed by atoms with E-state index in [1.54, 1.807) is 23.0 Å². The zero-order valence-electron chi connectivity index (χ0n) is 18.0. The monoisotopic (exact) mass is 448 g/mol. The smallest absolute Gasteiger partial charge is 0.226 e. The number of nitrogens with one attached hydrogen (secondary N) is 1. The molecule has 2 aromatic carbocycles. The molecule has 0 aliphatic heterocycles. The normalized spacial score (nSPS) is 10.8. The number of ether oxygens (including phenoxy) is 1. The summed E-state index contributed by atoms with van der Waals surface area (Å²) in [5, 5.41) is 7.41. The van der Waals surface area contributed by atoms with E-state index in [4.69, 9.17) is 4.74 Å². The molecule has 0 saturated heterocycles. The van der Waals surface area contributed by atoms with Crippen molar-refractivity contribution in [3.05, 3.63) is 102 Å². The highest BCUT2D eigenvalue weighted by Gasteiger charge is 2.20. The van der Waals surface area contributed by atoms with Crippen LogP contribution in [0.25, 0.3) is 5.69 Å². The van der Waals surface area contributed by atoms with Crippen LogP contribution in [0.2, 0.25) is 0 Å². The second-order valence-corrected chi connectivity index (χ2v) is 7.41. The Balaban J connectivity index is 1.56. The van der Waals surface area contributed by atoms with Gasteiger partial charge in [0, 0.05) is 18.2 Å². The number of aryl methyl sites for hydroxylation is 1. The molecule has 168 valence electrons. The Morgan fingerprint density at radius 1 is 1.00 bits per heavy atom. The largest absolute Gasteiger partial charge is 0.439 e. The van der Waals surface area contributed by atoms with Gasteiger partial charge in [-0.15, -0.1) is 0 Å². The van der Waals surface area contributed by atoms with Gasteiger partial charge in [0.05, 0.1) is 23.6 Å². The molecule has 2 heterocycles. The summed E-state index contributed by atoms with van der Waals surface area (Å²) in [7, 11) is 0. The summed E-state index contributed by atoms with van der Waals surface area (Å²) in [5.41, 5.74) is 2.78. The van der Waals surface area contributed by atoms with Crippen LogP contribution in [-0.2, 0) is 17.8 Å². The van der Waals surface area contributed by atoms with Crippen LogP contribution in [0.15, 0.2) is 72.9 Å². The first kappa shape index (κ1) is 22.1. The number of pyridine rings is 1. The molecule has 2 aromatic heterocycles. The van der Waals surface area contributed by atoms with Crippen molar-refractivity contribution >= 4 is 5.91 Å². The van der Waals surface area contributed by atoms with Crippen LogP contribution >= 0.6 is 0 Å². The summed E-state index contributed by atoms with van der Waals surface area (Å²) in [6, 6.07) is 17.0. The minimum Gasteiger partial charge on any atom is -0.439 e. The predicted octanol–water partition coefficient (Wildman–Crippen LogP) is 4.90. The number of hydrogen-bond acceptors (Lipinski definition) is 4. The maximum atomic E-state index is 13.4. The number of halogens is 2. The first-order chi connectivity index (χ1) is 16.0. The third kappa shape index (κ3) is 5.60. The van der Waals surface area contributed by atoms with Crippen LogP contribution in [0.3, 0.4) is 0 Å². The quantitative estimate of drug-likeness (QED) is 0.417. The van der Waals surface area contributed by atoms with E-state index in [-0.39, 0.29) is 24.0 Å². The van der Waals surface area contributed by atoms with Crippen molar-refractivity contribution in [2.24, 2.45) is 0 Å². The summed E-state index contributed by atoms with van der Waals surface area (Å²) in [5.74, 6) is -0.0742. The van der Waals surface area contributed by atoms with Crippen LogP contribution in [0.1, 0.15) is 23.4 Å². The van der Waals surface area contributed by atoms with Gasteiger partial charge in [-0.05, 0) is 74.0 Å². The molecule has 4 aromatic rings. The average Bonchev–Trinajstić information content (AvgIpc) is 3.13. The minimum absolute atomic E-state index is 0.137. The molecule has 0 atom stereocenters. The van der Waals surface area contributed by atoms with Crippen molar-refractivity contribution < 1.29 is 18.3 Å². The Labute approximate surface area is 189 Å². The van der Waals surface area contributed by atoms with Crippen LogP contribution in [0.4, 0.5) is 8.78 Å². The molecule has 0 spiro atoms. The fraction of sp³-hybridized carbons (Fsp3) is 0.160. The second kappa shape index (κ2) is 10.0. The van der Waals surface area contributed by atoms with E-state index in [2.05, 4.69) is 15.4 Å². The molecule has 0 aliphatic carbocycles. The Morgan fingerprint density at radius 2 is 1.70 bits per heavy atom. The van der Waals surface area contributed by atoms with Gasteiger partial charge in [-0.3, -0.25) is 9.78 Å². The molecule has 0 unspecified atom stereocenters. The number of rotatable bonds is 8. The van der Waals surface area contributed by atoms with E-state index < -0.39 is 0 Å². The molecule has 0 fully saturated rings. The lowest BCUT2D eigenvalue weighted by Crippen LogP contribution is -2.23. The Hall–Kier alpha value is -4.07. The molecule has 4 rings (SSSR count). The Kier molecular flexibility index (Phi) is 6.73. The standard InChI is InChI=1S/C25H22F2N4O2/c1-17-23(13-14-24(32)29-16-20-4-2-3-15-28-20)25(33-22-11-7-19(27)8-12-22)31(30-17)21-9-5-18(26)6-10-21/h2-12,15H,13-14,16H2,1H3,(H,29,32). The fourth-order valence-corrected chi connectivity index (χ4v) is 3.32. The van der Waals surface area contributed by atoms with Crippen molar-refractivity contribution in [1.82, 2.24) is 20.1 Å². The maximum absolute atomic E-state index is 13.4. The van der Waals surface area contributed by atoms with Crippen molar-refractivity contribution in [2.45, 2.75) is 26.3 Å². The number of aromatic nitrogens is 3. The van der Waals surface area contributed by atoms with E-state index in [1.165, 1.54) is 36.4 Å². The molecule has 0 radical (unpaired) electrons. The number of carbonyl (C=O) groups excluding carboxylic acids is 1. The number of benzene rings is 2. The van der Waals surface area contributed by atoms with Gasteiger partial charge in [0.1, 0.15) is 17.4 Å². The Morgan fingerprint density at radius 3 is 2.36 bits per heavy atom. The maximum Gasteiger partial charge on any atom is 0.226 e. The predicted molar refractivity (Wildman–Crippen MR) is 119 cm³/mol. The molecule has 8 heteroatoms. The molecule has 6 nitrogen and oxygen atoms in total. The van der Waals surface area contributed by atoms with E-state index in [1.807, 2.05) is 25.1 Å². The van der Waals surface area contributed by atoms with E-state index in [9.17, 15) is 13.6 Å². The Bertz CT molecular complexity index is 1220. The van der Waals surface area contributed by atoms with Crippen LogP contribution in [0.5, 0.6) is 11.6 Å². The molecule has 0 saturated carbocycles. The SMILES string of the molecule is Cc1nn(-c2ccc(F)cc2)c(Oc2ccc(F)cc2)c1CCC(=O)NCc1ccccn1. The molecular weight excluding hydrogens is 426 g/mol. The lowest BCUT2D eigenvalue weighted by Gasteiger charge is -2.12. The summed E-state index contributed by atoms with van der Waals surface area (Å²) in [6.07, 6.45) is 2.26. The first-order valence-electron chi connectivity index (χ1n) is 10.4. The van der Waals surface area contributed by atoms with Gasteiger partial charge >= 0.3 is 0 Å². The highest BCUT2D eigenvalue weighted by atomic mass is 19.1. The van der Waals surface area contributed by atoms with Crippen molar-refractivity contribution in [2.75, 3.05) is 0 Å². The highest BCUT2D eigenvalue weighted by Crippen LogP contribution is 2.31. The molecular formula is C25H22F2N4O2. The minimum atomic E-state index is -0.379. The molecule has 1 N–H and O–H groups in total. The van der Waals surface area contributed by atoms with Gasteiger partial charge in [0.2, 0.25) is 11.8 Å². The fourth-order valence-electron chi connectivity index (χ4n) is 3.32. The highest BCUT2D eigenvalue weighted by molar-refractivity contribution is 5.76. The van der Waals surface area contributed by atoms with Gasteiger partial charge in [-0.2, -0.15) is 5.10 Å². The van der Waals surface area contributed by atoms with E-state index >= 15 is 0 Å². The first-order valence-corrected chi connectivity index (χ1v) is 10.4. The van der Waals surface area contributed by atoms with Gasteiger partial charge in [0.15, 0.2) is 0 Å². The van der Waals surface area contributed by atoms with Gasteiger partial charge in [0.25, 0.3) is 0 Å². The summed E-state index contributed by atoms with van der Waals surface area (Å²) in [4.78, 5) is 16.6. The summed E-state index contributed by atoms with van der Waals surface area (Å²) in [6.45, 7) is 2.16. The second-order valence-electron chi connectivity index (χ2n) is 7.41. The van der Waals surface area contributed by atoms with Crippen molar-refractivity contribution in [3.63, 3.8) is 0 Å². The summed E-state index contributed by atoms with van der Waals surface area (Å²) < 4.78 is 34.4. The van der Waals surface area contributed by atoms with E-state index in [0.29, 0.717) is 36.0 Å². The van der Waals surface area contributed by atoms with Crippen LogP contribution in [0, 0.1) is 18.6 Å². The third-order valence-corrected chi connectivity index (χ3v) is 5.03. The number of hydrogen-bond donors (Lipinski definition) is 1. The lowest BCUT2D eigenvalue weighted by atomic mass is 10.1. The van der Waals surface area contributed by atoms with Gasteiger partial charge < -0.3 is 10.1 Å². The average molecular weight is 448 g/mol. The lowest BCUT2D eigenvalue weighted by molar-refractivity contribution is -0.121. The number of amides is 1. The molecule has 0 bridgehead atoms. The van der Waals surface area contributed by atoms with E-state index in [0.717, 1.165) is 11.3 Å². The van der Waals surface area contributed by atoms with Crippen molar-refractivity contribution in [3.8, 4) is 17.3 Å². The zero-order chi connectivity index (χ0) is 23.2. The molecule has 1 amide bonds. The number of nitrogens with zero attached hydrogens (tertiary/aromatic N) is 3. The molecule has 0 aliphatic rings. The van der Waals surface area contributed by atoms with Gasteiger partial charge in [-0.25, -0.2) is 13.5 Å². The summed E-state index contributed by atoms with van der Waals surface area (Å²) >= 11 is 0. The van der Waals surface area contributed by atoms with Crippen LogP contribution in [-0.4, -0.2) is 20.7 Å². The third-order valence-electron chi connectivity index (χ3n) is 5.03.